The van der Waals surface area contributed by atoms with E-state index in [4.69, 9.17) is 4.42 Å². The molecule has 2 aromatic rings. The van der Waals surface area contributed by atoms with Crippen LogP contribution in [0.1, 0.15) is 29.5 Å². The van der Waals surface area contributed by atoms with E-state index in [9.17, 15) is 9.90 Å². The van der Waals surface area contributed by atoms with Gasteiger partial charge in [-0.15, -0.1) is 0 Å². The standard InChI is InChI=1S/C18H21NO3/c20-11-12-4-5-19(9-12)10-15-8-18(21)22-17-7-14-3-1-2-13(14)6-16(15)17/h6-8,12,20H,1-5,9-11H2. The van der Waals surface area contributed by atoms with E-state index < -0.39 is 0 Å². The molecule has 4 rings (SSSR count). The molecule has 0 bridgehead atoms. The lowest BCUT2D eigenvalue weighted by Crippen LogP contribution is -2.22. The van der Waals surface area contributed by atoms with Gasteiger partial charge in [-0.3, -0.25) is 4.90 Å². The molecule has 1 unspecified atom stereocenters. The fourth-order valence-corrected chi connectivity index (χ4v) is 3.87. The SMILES string of the molecule is O=c1cc(CN2CCC(CO)C2)c2cc3c(cc2o1)CCC3. The summed E-state index contributed by atoms with van der Waals surface area (Å²) >= 11 is 0. The number of fused-ring (bicyclic) bond motifs is 2. The number of benzene rings is 1. The maximum Gasteiger partial charge on any atom is 0.336 e. The number of aryl methyl sites for hydroxylation is 2. The van der Waals surface area contributed by atoms with Gasteiger partial charge in [0, 0.05) is 31.1 Å². The Morgan fingerprint density at radius 2 is 2.05 bits per heavy atom. The quantitative estimate of drug-likeness (QED) is 0.882. The van der Waals surface area contributed by atoms with Crippen LogP contribution in [0.5, 0.6) is 0 Å². The fraction of sp³-hybridized carbons (Fsp3) is 0.500. The lowest BCUT2D eigenvalue weighted by atomic mass is 10.0. The van der Waals surface area contributed by atoms with Gasteiger partial charge in [0.05, 0.1) is 0 Å². The Labute approximate surface area is 129 Å². The molecule has 1 aromatic carbocycles. The van der Waals surface area contributed by atoms with Crippen LogP contribution in [0, 0.1) is 5.92 Å². The minimum absolute atomic E-state index is 0.252. The predicted octanol–water partition coefficient (Wildman–Crippen LogP) is 2.10. The third-order valence-corrected chi connectivity index (χ3v) is 5.06. The summed E-state index contributed by atoms with van der Waals surface area (Å²) in [6, 6.07) is 5.91. The van der Waals surface area contributed by atoms with Crippen LogP contribution in [0.25, 0.3) is 11.0 Å². The lowest BCUT2D eigenvalue weighted by Gasteiger charge is -2.17. The zero-order valence-electron chi connectivity index (χ0n) is 12.7. The highest BCUT2D eigenvalue weighted by Gasteiger charge is 2.23. The van der Waals surface area contributed by atoms with Crippen molar-refractivity contribution in [1.82, 2.24) is 4.90 Å². The van der Waals surface area contributed by atoms with Crippen LogP contribution in [0.3, 0.4) is 0 Å². The molecule has 4 heteroatoms. The highest BCUT2D eigenvalue weighted by Crippen LogP contribution is 2.29. The van der Waals surface area contributed by atoms with Gasteiger partial charge in [-0.05, 0) is 67.0 Å². The second-order valence-electron chi connectivity index (χ2n) is 6.63. The van der Waals surface area contributed by atoms with Crippen molar-refractivity contribution in [3.63, 3.8) is 0 Å². The van der Waals surface area contributed by atoms with Crippen LogP contribution >= 0.6 is 0 Å². The molecule has 0 spiro atoms. The van der Waals surface area contributed by atoms with Gasteiger partial charge in [-0.25, -0.2) is 4.79 Å². The summed E-state index contributed by atoms with van der Waals surface area (Å²) in [5, 5.41) is 10.4. The number of hydrogen-bond acceptors (Lipinski definition) is 4. The molecule has 1 saturated heterocycles. The van der Waals surface area contributed by atoms with Crippen molar-refractivity contribution < 1.29 is 9.52 Å². The first-order valence-electron chi connectivity index (χ1n) is 8.14. The summed E-state index contributed by atoms with van der Waals surface area (Å²) < 4.78 is 5.42. The molecule has 0 radical (unpaired) electrons. The van der Waals surface area contributed by atoms with Crippen LogP contribution in [-0.2, 0) is 19.4 Å². The zero-order chi connectivity index (χ0) is 15.1. The van der Waals surface area contributed by atoms with Crippen LogP contribution in [0.4, 0.5) is 0 Å². The van der Waals surface area contributed by atoms with Gasteiger partial charge >= 0.3 is 5.63 Å². The first-order valence-corrected chi connectivity index (χ1v) is 8.14. The lowest BCUT2D eigenvalue weighted by molar-refractivity contribution is 0.220. The maximum absolute atomic E-state index is 11.9. The maximum atomic E-state index is 11.9. The van der Waals surface area contributed by atoms with Gasteiger partial charge in [0.1, 0.15) is 5.58 Å². The smallest absolute Gasteiger partial charge is 0.336 e. The fourth-order valence-electron chi connectivity index (χ4n) is 3.87. The first-order chi connectivity index (χ1) is 10.7. The molecule has 2 heterocycles. The summed E-state index contributed by atoms with van der Waals surface area (Å²) in [5.41, 5.74) is 4.24. The zero-order valence-corrected chi connectivity index (χ0v) is 12.7. The van der Waals surface area contributed by atoms with E-state index >= 15 is 0 Å². The number of hydrogen-bond donors (Lipinski definition) is 1. The third kappa shape index (κ3) is 2.46. The van der Waals surface area contributed by atoms with Gasteiger partial charge in [0.2, 0.25) is 0 Å². The second-order valence-corrected chi connectivity index (χ2v) is 6.63. The van der Waals surface area contributed by atoms with Crippen LogP contribution < -0.4 is 5.63 Å². The van der Waals surface area contributed by atoms with Crippen molar-refractivity contribution in [2.75, 3.05) is 19.7 Å². The van der Waals surface area contributed by atoms with Crippen molar-refractivity contribution in [2.45, 2.75) is 32.2 Å². The topological polar surface area (TPSA) is 53.7 Å². The molecule has 1 aromatic heterocycles. The Morgan fingerprint density at radius 1 is 1.23 bits per heavy atom. The van der Waals surface area contributed by atoms with Gasteiger partial charge in [-0.1, -0.05) is 0 Å². The summed E-state index contributed by atoms with van der Waals surface area (Å²) in [6.07, 6.45) is 4.43. The molecule has 1 atom stereocenters. The van der Waals surface area contributed by atoms with Crippen molar-refractivity contribution in [3.8, 4) is 0 Å². The Balaban J connectivity index is 1.72. The van der Waals surface area contributed by atoms with Crippen LogP contribution in [0.15, 0.2) is 27.4 Å². The van der Waals surface area contributed by atoms with E-state index in [2.05, 4.69) is 17.0 Å². The van der Waals surface area contributed by atoms with E-state index in [-0.39, 0.29) is 12.2 Å². The van der Waals surface area contributed by atoms with Gasteiger partial charge < -0.3 is 9.52 Å². The molecule has 0 saturated carbocycles. The van der Waals surface area contributed by atoms with E-state index in [0.717, 1.165) is 55.4 Å². The normalized spacial score (nSPS) is 21.6. The number of likely N-dealkylation sites (tertiary alicyclic amines) is 1. The average molecular weight is 299 g/mol. The molecule has 4 nitrogen and oxygen atoms in total. The first kappa shape index (κ1) is 14.0. The van der Waals surface area contributed by atoms with Crippen molar-refractivity contribution in [1.29, 1.82) is 0 Å². The number of nitrogens with zero attached hydrogens (tertiary/aromatic N) is 1. The minimum atomic E-state index is -0.265. The van der Waals surface area contributed by atoms with Gasteiger partial charge in [-0.2, -0.15) is 0 Å². The predicted molar refractivity (Wildman–Crippen MR) is 85.0 cm³/mol. The molecule has 0 amide bonds. The second kappa shape index (κ2) is 5.52. The van der Waals surface area contributed by atoms with Gasteiger partial charge in [0.25, 0.3) is 0 Å². The largest absolute Gasteiger partial charge is 0.423 e. The Kier molecular flexibility index (Phi) is 3.51. The average Bonchev–Trinajstić information content (AvgIpc) is 3.13. The number of rotatable bonds is 3. The number of aliphatic hydroxyl groups is 1. The molecular weight excluding hydrogens is 278 g/mol. The molecule has 1 N–H and O–H groups in total. The van der Waals surface area contributed by atoms with Crippen LogP contribution in [0.2, 0.25) is 0 Å². The molecular formula is C18H21NO3. The number of aliphatic hydroxyl groups excluding tert-OH is 1. The summed E-state index contributed by atoms with van der Waals surface area (Å²) in [4.78, 5) is 14.2. The monoisotopic (exact) mass is 299 g/mol. The van der Waals surface area contributed by atoms with Crippen molar-refractivity contribution >= 4 is 11.0 Å². The van der Waals surface area contributed by atoms with E-state index in [1.54, 1.807) is 6.07 Å². The molecule has 1 fully saturated rings. The Morgan fingerprint density at radius 3 is 2.82 bits per heavy atom. The van der Waals surface area contributed by atoms with Crippen LogP contribution in [-0.4, -0.2) is 29.7 Å². The summed E-state index contributed by atoms with van der Waals surface area (Å²) in [7, 11) is 0. The van der Waals surface area contributed by atoms with E-state index in [1.165, 1.54) is 17.5 Å². The van der Waals surface area contributed by atoms with E-state index in [0.29, 0.717) is 5.92 Å². The molecule has 22 heavy (non-hydrogen) atoms. The third-order valence-electron chi connectivity index (χ3n) is 5.06. The molecule has 116 valence electrons. The summed E-state index contributed by atoms with van der Waals surface area (Å²) in [6.45, 7) is 2.90. The highest BCUT2D eigenvalue weighted by molar-refractivity contribution is 5.82. The summed E-state index contributed by atoms with van der Waals surface area (Å²) in [5.74, 6) is 0.371. The molecule has 2 aliphatic rings. The Hall–Kier alpha value is -1.65. The molecule has 1 aliphatic heterocycles. The van der Waals surface area contributed by atoms with Crippen molar-refractivity contribution in [3.05, 3.63) is 45.3 Å². The highest BCUT2D eigenvalue weighted by atomic mass is 16.4. The molecule has 1 aliphatic carbocycles. The van der Waals surface area contributed by atoms with Gasteiger partial charge in [0.15, 0.2) is 0 Å². The van der Waals surface area contributed by atoms with E-state index in [1.807, 2.05) is 0 Å². The minimum Gasteiger partial charge on any atom is -0.423 e. The Bertz CT molecular complexity index is 765. The van der Waals surface area contributed by atoms with Crippen molar-refractivity contribution in [2.24, 2.45) is 5.92 Å².